The van der Waals surface area contributed by atoms with Crippen molar-refractivity contribution < 1.29 is 4.79 Å². The molecule has 8 heteroatoms. The lowest BCUT2D eigenvalue weighted by molar-refractivity contribution is -0.122. The van der Waals surface area contributed by atoms with Crippen LogP contribution in [0.15, 0.2) is 67.8 Å². The van der Waals surface area contributed by atoms with Gasteiger partial charge in [-0.05, 0) is 36.1 Å². The SMILES string of the molecule is C=CCNc1nc(NC(CC2CCCCC2)C(=O)NCc2cccnc2)cc(-n2cccc2)n1. The second-order valence-electron chi connectivity index (χ2n) is 8.71. The maximum absolute atomic E-state index is 13.3. The highest BCUT2D eigenvalue weighted by molar-refractivity contribution is 5.84. The molecule has 0 spiro atoms. The molecular formula is C26H33N7O. The van der Waals surface area contributed by atoms with Crippen LogP contribution in [0.2, 0.25) is 0 Å². The molecular weight excluding hydrogens is 426 g/mol. The first-order valence-corrected chi connectivity index (χ1v) is 12.0. The minimum atomic E-state index is -0.389. The number of nitrogens with zero attached hydrogens (tertiary/aromatic N) is 4. The summed E-state index contributed by atoms with van der Waals surface area (Å²) in [5.74, 6) is 2.32. The fraction of sp³-hybridized carbons (Fsp3) is 0.385. The molecule has 0 aliphatic heterocycles. The Balaban J connectivity index is 1.54. The topological polar surface area (TPSA) is 96.8 Å². The average Bonchev–Trinajstić information content (AvgIpc) is 3.42. The number of amides is 1. The van der Waals surface area contributed by atoms with Crippen molar-refractivity contribution in [3.63, 3.8) is 0 Å². The van der Waals surface area contributed by atoms with E-state index in [0.717, 1.165) is 17.8 Å². The first-order chi connectivity index (χ1) is 16.7. The van der Waals surface area contributed by atoms with Crippen LogP contribution in [-0.4, -0.2) is 38.0 Å². The molecule has 0 aromatic carbocycles. The van der Waals surface area contributed by atoms with E-state index in [1.807, 2.05) is 47.3 Å². The zero-order valence-electron chi connectivity index (χ0n) is 19.5. The van der Waals surface area contributed by atoms with Gasteiger partial charge in [-0.1, -0.05) is 44.2 Å². The van der Waals surface area contributed by atoms with Gasteiger partial charge in [-0.25, -0.2) is 0 Å². The van der Waals surface area contributed by atoms with Crippen molar-refractivity contribution in [3.05, 3.63) is 73.3 Å². The third kappa shape index (κ3) is 6.66. The molecule has 8 nitrogen and oxygen atoms in total. The second-order valence-corrected chi connectivity index (χ2v) is 8.71. The molecule has 178 valence electrons. The van der Waals surface area contributed by atoms with Gasteiger partial charge in [0.2, 0.25) is 11.9 Å². The predicted octanol–water partition coefficient (Wildman–Crippen LogP) is 4.33. The quantitative estimate of drug-likeness (QED) is 0.369. The van der Waals surface area contributed by atoms with Crippen LogP contribution < -0.4 is 16.0 Å². The van der Waals surface area contributed by atoms with Crippen LogP contribution in [0.25, 0.3) is 5.82 Å². The zero-order chi connectivity index (χ0) is 23.6. The van der Waals surface area contributed by atoms with E-state index >= 15 is 0 Å². The smallest absolute Gasteiger partial charge is 0.242 e. The standard InChI is InChI=1S/C26H33N7O/c1-2-12-28-26-31-23(17-24(32-26)33-14-6-7-15-33)30-22(16-20-9-4-3-5-10-20)25(34)29-19-21-11-8-13-27-18-21/h2,6-8,11,13-15,17-18,20,22H,1,3-5,9-10,12,16,19H2,(H,29,34)(H2,28,30,31,32). The summed E-state index contributed by atoms with van der Waals surface area (Å²) in [6.07, 6.45) is 16.0. The van der Waals surface area contributed by atoms with Crippen molar-refractivity contribution in [2.24, 2.45) is 5.92 Å². The van der Waals surface area contributed by atoms with E-state index in [4.69, 9.17) is 0 Å². The van der Waals surface area contributed by atoms with Crippen molar-refractivity contribution in [3.8, 4) is 5.82 Å². The van der Waals surface area contributed by atoms with E-state index in [2.05, 4.69) is 37.5 Å². The summed E-state index contributed by atoms with van der Waals surface area (Å²) in [5, 5.41) is 9.67. The fourth-order valence-electron chi connectivity index (χ4n) is 4.35. The van der Waals surface area contributed by atoms with E-state index in [-0.39, 0.29) is 11.9 Å². The van der Waals surface area contributed by atoms with Crippen LogP contribution in [0.5, 0.6) is 0 Å². The molecule has 3 N–H and O–H groups in total. The maximum Gasteiger partial charge on any atom is 0.242 e. The monoisotopic (exact) mass is 459 g/mol. The highest BCUT2D eigenvalue weighted by atomic mass is 16.2. The van der Waals surface area contributed by atoms with Crippen LogP contribution in [-0.2, 0) is 11.3 Å². The first-order valence-electron chi connectivity index (χ1n) is 12.0. The maximum atomic E-state index is 13.3. The molecule has 34 heavy (non-hydrogen) atoms. The van der Waals surface area contributed by atoms with Crippen LogP contribution in [0.3, 0.4) is 0 Å². The lowest BCUT2D eigenvalue weighted by Crippen LogP contribution is -2.41. The molecule has 0 bridgehead atoms. The molecule has 3 heterocycles. The van der Waals surface area contributed by atoms with Crippen LogP contribution in [0, 0.1) is 5.92 Å². The van der Waals surface area contributed by atoms with Gasteiger partial charge in [-0.15, -0.1) is 6.58 Å². The molecule has 1 aliphatic carbocycles. The minimum Gasteiger partial charge on any atom is -0.358 e. The third-order valence-corrected chi connectivity index (χ3v) is 6.11. The van der Waals surface area contributed by atoms with E-state index in [0.29, 0.717) is 30.8 Å². The Morgan fingerprint density at radius 3 is 2.74 bits per heavy atom. The van der Waals surface area contributed by atoms with E-state index in [9.17, 15) is 4.79 Å². The normalized spacial score (nSPS) is 14.8. The molecule has 3 aromatic rings. The van der Waals surface area contributed by atoms with E-state index < -0.39 is 0 Å². The third-order valence-electron chi connectivity index (χ3n) is 6.11. The van der Waals surface area contributed by atoms with Crippen molar-refractivity contribution >= 4 is 17.7 Å². The largest absolute Gasteiger partial charge is 0.358 e. The lowest BCUT2D eigenvalue weighted by atomic mass is 9.84. The van der Waals surface area contributed by atoms with Gasteiger partial charge in [0.1, 0.15) is 17.7 Å². The molecule has 0 saturated heterocycles. The van der Waals surface area contributed by atoms with Crippen LogP contribution in [0.1, 0.15) is 44.1 Å². The van der Waals surface area contributed by atoms with Crippen molar-refractivity contribution in [2.45, 2.75) is 51.1 Å². The van der Waals surface area contributed by atoms with Crippen molar-refractivity contribution in [2.75, 3.05) is 17.2 Å². The van der Waals surface area contributed by atoms with Gasteiger partial charge in [0.15, 0.2) is 0 Å². The molecule has 0 radical (unpaired) electrons. The van der Waals surface area contributed by atoms with Crippen LogP contribution >= 0.6 is 0 Å². The Hall–Kier alpha value is -3.68. The molecule has 1 amide bonds. The van der Waals surface area contributed by atoms with Crippen molar-refractivity contribution in [1.82, 2.24) is 24.8 Å². The lowest BCUT2D eigenvalue weighted by Gasteiger charge is -2.27. The summed E-state index contributed by atoms with van der Waals surface area (Å²) in [7, 11) is 0. The minimum absolute atomic E-state index is 0.0313. The number of aromatic nitrogens is 4. The van der Waals surface area contributed by atoms with Gasteiger partial charge in [0.25, 0.3) is 0 Å². The van der Waals surface area contributed by atoms with Gasteiger partial charge < -0.3 is 20.5 Å². The summed E-state index contributed by atoms with van der Waals surface area (Å²) in [6.45, 7) is 4.75. The molecule has 1 fully saturated rings. The van der Waals surface area contributed by atoms with Gasteiger partial charge in [-0.2, -0.15) is 9.97 Å². The summed E-state index contributed by atoms with van der Waals surface area (Å²) < 4.78 is 1.92. The number of anilines is 2. The Bertz CT molecular complexity index is 1050. The number of rotatable bonds is 11. The summed E-state index contributed by atoms with van der Waals surface area (Å²) in [6, 6.07) is 9.22. The van der Waals surface area contributed by atoms with Gasteiger partial charge in [0, 0.05) is 43.9 Å². The van der Waals surface area contributed by atoms with Crippen molar-refractivity contribution in [1.29, 1.82) is 0 Å². The Labute approximate surface area is 200 Å². The zero-order valence-corrected chi connectivity index (χ0v) is 19.5. The summed E-state index contributed by atoms with van der Waals surface area (Å²) in [4.78, 5) is 26.7. The number of hydrogen-bond donors (Lipinski definition) is 3. The number of carbonyl (C=O) groups excluding carboxylic acids is 1. The highest BCUT2D eigenvalue weighted by Crippen LogP contribution is 2.28. The van der Waals surface area contributed by atoms with Crippen LogP contribution in [0.4, 0.5) is 11.8 Å². The summed E-state index contributed by atoms with van der Waals surface area (Å²) in [5.41, 5.74) is 0.972. The van der Waals surface area contributed by atoms with E-state index in [1.54, 1.807) is 18.5 Å². The molecule has 1 atom stereocenters. The average molecular weight is 460 g/mol. The van der Waals surface area contributed by atoms with Gasteiger partial charge in [-0.3, -0.25) is 9.78 Å². The Kier molecular flexibility index (Phi) is 8.27. The second kappa shape index (κ2) is 12.0. The molecule has 1 saturated carbocycles. The van der Waals surface area contributed by atoms with Gasteiger partial charge >= 0.3 is 0 Å². The van der Waals surface area contributed by atoms with E-state index in [1.165, 1.54) is 32.1 Å². The first kappa shape index (κ1) is 23.5. The molecule has 1 unspecified atom stereocenters. The highest BCUT2D eigenvalue weighted by Gasteiger charge is 2.25. The number of hydrogen-bond acceptors (Lipinski definition) is 6. The fourth-order valence-corrected chi connectivity index (χ4v) is 4.35. The molecule has 1 aliphatic rings. The Morgan fingerprint density at radius 1 is 1.18 bits per heavy atom. The number of carbonyl (C=O) groups is 1. The number of nitrogens with one attached hydrogen (secondary N) is 3. The molecule has 3 aromatic heterocycles. The Morgan fingerprint density at radius 2 is 2.00 bits per heavy atom. The summed E-state index contributed by atoms with van der Waals surface area (Å²) >= 11 is 0. The predicted molar refractivity (Wildman–Crippen MR) is 135 cm³/mol. The molecule has 4 rings (SSSR count). The number of pyridine rings is 1. The van der Waals surface area contributed by atoms with Gasteiger partial charge in [0.05, 0.1) is 0 Å².